The van der Waals surface area contributed by atoms with E-state index in [9.17, 15) is 4.79 Å². The standard InChI is InChI=1S/C19H32N4O/c1-2-3-4-5-6-7-8-11-22-19(24)17-10-9-14-23(16-17)18-15-20-12-13-21-18/h12-13,15,17H,2-11,14,16H2,1H3,(H,22,24). The predicted octanol–water partition coefficient (Wildman–Crippen LogP) is 3.56. The highest BCUT2D eigenvalue weighted by atomic mass is 16.1. The normalized spacial score (nSPS) is 17.7. The number of nitrogens with one attached hydrogen (secondary N) is 1. The minimum Gasteiger partial charge on any atom is -0.356 e. The predicted molar refractivity (Wildman–Crippen MR) is 98.0 cm³/mol. The molecular weight excluding hydrogens is 300 g/mol. The van der Waals surface area contributed by atoms with E-state index in [-0.39, 0.29) is 11.8 Å². The highest BCUT2D eigenvalue weighted by Crippen LogP contribution is 2.21. The molecule has 5 nitrogen and oxygen atoms in total. The van der Waals surface area contributed by atoms with Gasteiger partial charge in [-0.15, -0.1) is 0 Å². The Morgan fingerprint density at radius 1 is 1.21 bits per heavy atom. The van der Waals surface area contributed by atoms with Crippen molar-refractivity contribution in [3.8, 4) is 0 Å². The van der Waals surface area contributed by atoms with Gasteiger partial charge in [0.1, 0.15) is 5.82 Å². The van der Waals surface area contributed by atoms with Gasteiger partial charge >= 0.3 is 0 Å². The van der Waals surface area contributed by atoms with Gasteiger partial charge in [-0.25, -0.2) is 4.98 Å². The van der Waals surface area contributed by atoms with E-state index in [1.165, 1.54) is 38.5 Å². The summed E-state index contributed by atoms with van der Waals surface area (Å²) in [5.41, 5.74) is 0. The number of nitrogens with zero attached hydrogens (tertiary/aromatic N) is 3. The van der Waals surface area contributed by atoms with Crippen LogP contribution < -0.4 is 10.2 Å². The summed E-state index contributed by atoms with van der Waals surface area (Å²) < 4.78 is 0. The molecule has 1 saturated heterocycles. The molecule has 1 unspecified atom stereocenters. The fourth-order valence-electron chi connectivity index (χ4n) is 3.29. The summed E-state index contributed by atoms with van der Waals surface area (Å²) >= 11 is 0. The molecule has 0 saturated carbocycles. The second kappa shape index (κ2) is 11.0. The highest BCUT2D eigenvalue weighted by molar-refractivity contribution is 5.79. The summed E-state index contributed by atoms with van der Waals surface area (Å²) in [7, 11) is 0. The number of hydrogen-bond donors (Lipinski definition) is 1. The molecule has 1 aliphatic heterocycles. The zero-order valence-corrected chi connectivity index (χ0v) is 15.0. The van der Waals surface area contributed by atoms with Crippen molar-refractivity contribution in [1.82, 2.24) is 15.3 Å². The average Bonchev–Trinajstić information content (AvgIpc) is 2.64. The van der Waals surface area contributed by atoms with Crippen LogP contribution in [0.25, 0.3) is 0 Å². The fraction of sp³-hybridized carbons (Fsp3) is 0.737. The Bertz CT molecular complexity index is 466. The summed E-state index contributed by atoms with van der Waals surface area (Å²) in [6.45, 7) is 4.77. The summed E-state index contributed by atoms with van der Waals surface area (Å²) in [6.07, 6.45) is 16.1. The van der Waals surface area contributed by atoms with Gasteiger partial charge in [0.2, 0.25) is 5.91 Å². The Labute approximate surface area is 146 Å². The van der Waals surface area contributed by atoms with Gasteiger partial charge in [-0.2, -0.15) is 0 Å². The molecule has 1 amide bonds. The van der Waals surface area contributed by atoms with Crippen LogP contribution in [0.5, 0.6) is 0 Å². The van der Waals surface area contributed by atoms with Crippen LogP contribution in [0, 0.1) is 5.92 Å². The molecule has 1 N–H and O–H groups in total. The van der Waals surface area contributed by atoms with Crippen LogP contribution in [0.3, 0.4) is 0 Å². The molecule has 2 rings (SSSR count). The van der Waals surface area contributed by atoms with E-state index in [4.69, 9.17) is 0 Å². The van der Waals surface area contributed by atoms with E-state index >= 15 is 0 Å². The van der Waals surface area contributed by atoms with Crippen LogP contribution in [0.15, 0.2) is 18.6 Å². The molecule has 0 aliphatic carbocycles. The van der Waals surface area contributed by atoms with Gasteiger partial charge in [0, 0.05) is 32.0 Å². The van der Waals surface area contributed by atoms with Crippen LogP contribution in [0.1, 0.15) is 64.7 Å². The van der Waals surface area contributed by atoms with Gasteiger partial charge in [-0.1, -0.05) is 45.4 Å². The Kier molecular flexibility index (Phi) is 8.56. The molecule has 2 heterocycles. The first-order valence-electron chi connectivity index (χ1n) is 9.60. The van der Waals surface area contributed by atoms with Crippen LogP contribution in [-0.4, -0.2) is 35.5 Å². The van der Waals surface area contributed by atoms with Gasteiger partial charge in [0.05, 0.1) is 12.1 Å². The molecule has 1 aliphatic rings. The molecule has 1 fully saturated rings. The van der Waals surface area contributed by atoms with Crippen molar-refractivity contribution in [3.05, 3.63) is 18.6 Å². The molecule has 1 aromatic rings. The zero-order chi connectivity index (χ0) is 17.0. The number of carbonyl (C=O) groups is 1. The van der Waals surface area contributed by atoms with E-state index in [1.807, 2.05) is 0 Å². The van der Waals surface area contributed by atoms with E-state index in [1.54, 1.807) is 18.6 Å². The van der Waals surface area contributed by atoms with Crippen LogP contribution in [-0.2, 0) is 4.79 Å². The van der Waals surface area contributed by atoms with Gasteiger partial charge in [0.15, 0.2) is 0 Å². The van der Waals surface area contributed by atoms with Crippen molar-refractivity contribution in [3.63, 3.8) is 0 Å². The van der Waals surface area contributed by atoms with E-state index in [2.05, 4.69) is 27.1 Å². The monoisotopic (exact) mass is 332 g/mol. The van der Waals surface area contributed by atoms with Crippen molar-refractivity contribution in [2.24, 2.45) is 5.92 Å². The molecular formula is C19H32N4O. The maximum atomic E-state index is 12.4. The number of hydrogen-bond acceptors (Lipinski definition) is 4. The molecule has 0 bridgehead atoms. The van der Waals surface area contributed by atoms with E-state index in [0.717, 1.165) is 44.7 Å². The average molecular weight is 332 g/mol. The van der Waals surface area contributed by atoms with Crippen molar-refractivity contribution < 1.29 is 4.79 Å². The number of aromatic nitrogens is 2. The first-order valence-corrected chi connectivity index (χ1v) is 9.60. The van der Waals surface area contributed by atoms with Crippen molar-refractivity contribution in [2.45, 2.75) is 64.7 Å². The fourth-order valence-corrected chi connectivity index (χ4v) is 3.29. The first kappa shape index (κ1) is 18.7. The number of carbonyl (C=O) groups excluding carboxylic acids is 1. The summed E-state index contributed by atoms with van der Waals surface area (Å²) in [4.78, 5) is 23.0. The molecule has 1 aromatic heterocycles. The van der Waals surface area contributed by atoms with Crippen LogP contribution in [0.2, 0.25) is 0 Å². The minimum atomic E-state index is 0.0744. The van der Waals surface area contributed by atoms with E-state index in [0.29, 0.717) is 0 Å². The lowest BCUT2D eigenvalue weighted by molar-refractivity contribution is -0.125. The quantitative estimate of drug-likeness (QED) is 0.666. The molecule has 0 radical (unpaired) electrons. The number of amides is 1. The maximum Gasteiger partial charge on any atom is 0.224 e. The van der Waals surface area contributed by atoms with Crippen molar-refractivity contribution >= 4 is 11.7 Å². The molecule has 0 aromatic carbocycles. The Hall–Kier alpha value is -1.65. The van der Waals surface area contributed by atoms with Gasteiger partial charge in [-0.05, 0) is 19.3 Å². The highest BCUT2D eigenvalue weighted by Gasteiger charge is 2.26. The topological polar surface area (TPSA) is 58.1 Å². The molecule has 1 atom stereocenters. The molecule has 134 valence electrons. The number of rotatable bonds is 10. The Balaban J connectivity index is 1.62. The van der Waals surface area contributed by atoms with Crippen LogP contribution in [0.4, 0.5) is 5.82 Å². The van der Waals surface area contributed by atoms with Gasteiger partial charge < -0.3 is 10.2 Å². The van der Waals surface area contributed by atoms with E-state index < -0.39 is 0 Å². The summed E-state index contributed by atoms with van der Waals surface area (Å²) in [5.74, 6) is 1.15. The summed E-state index contributed by atoms with van der Waals surface area (Å²) in [5, 5.41) is 3.12. The second-order valence-electron chi connectivity index (χ2n) is 6.76. The lowest BCUT2D eigenvalue weighted by atomic mass is 9.97. The largest absolute Gasteiger partial charge is 0.356 e. The minimum absolute atomic E-state index is 0.0744. The number of piperidine rings is 1. The molecule has 24 heavy (non-hydrogen) atoms. The third-order valence-corrected chi connectivity index (χ3v) is 4.75. The van der Waals surface area contributed by atoms with Gasteiger partial charge in [-0.3, -0.25) is 9.78 Å². The number of anilines is 1. The Morgan fingerprint density at radius 3 is 2.75 bits per heavy atom. The molecule has 0 spiro atoms. The Morgan fingerprint density at radius 2 is 2.00 bits per heavy atom. The number of unbranched alkanes of at least 4 members (excludes halogenated alkanes) is 6. The molecule has 5 heteroatoms. The lowest BCUT2D eigenvalue weighted by Gasteiger charge is -2.32. The smallest absolute Gasteiger partial charge is 0.224 e. The van der Waals surface area contributed by atoms with Crippen molar-refractivity contribution in [1.29, 1.82) is 0 Å². The first-order chi connectivity index (χ1) is 11.8. The zero-order valence-electron chi connectivity index (χ0n) is 15.0. The van der Waals surface area contributed by atoms with Crippen molar-refractivity contribution in [2.75, 3.05) is 24.5 Å². The van der Waals surface area contributed by atoms with Gasteiger partial charge in [0.25, 0.3) is 0 Å². The SMILES string of the molecule is CCCCCCCCCNC(=O)C1CCCN(c2cnccn2)C1. The lowest BCUT2D eigenvalue weighted by Crippen LogP contribution is -2.43. The summed E-state index contributed by atoms with van der Waals surface area (Å²) in [6, 6.07) is 0. The van der Waals surface area contributed by atoms with Crippen LogP contribution >= 0.6 is 0 Å². The third kappa shape index (κ3) is 6.46. The maximum absolute atomic E-state index is 12.4. The second-order valence-corrected chi connectivity index (χ2v) is 6.76. The third-order valence-electron chi connectivity index (χ3n) is 4.75.